The van der Waals surface area contributed by atoms with Gasteiger partial charge < -0.3 is 14.2 Å². The van der Waals surface area contributed by atoms with E-state index in [9.17, 15) is 14.5 Å². The molecule has 5 nitrogen and oxygen atoms in total. The van der Waals surface area contributed by atoms with Gasteiger partial charge in [0.2, 0.25) is 0 Å². The van der Waals surface area contributed by atoms with Gasteiger partial charge in [-0.3, -0.25) is 9.36 Å². The van der Waals surface area contributed by atoms with E-state index in [0.29, 0.717) is 12.0 Å². The van der Waals surface area contributed by atoms with Crippen LogP contribution in [0.4, 0.5) is 0 Å². The van der Waals surface area contributed by atoms with Crippen molar-refractivity contribution in [1.82, 2.24) is 0 Å². The summed E-state index contributed by atoms with van der Waals surface area (Å²) in [5.74, 6) is -1.82. The number of hydrogen-bond acceptors (Lipinski definition) is 4. The predicted octanol–water partition coefficient (Wildman–Crippen LogP) is 3.05. The second kappa shape index (κ2) is 6.08. The summed E-state index contributed by atoms with van der Waals surface area (Å²) in [6.45, 7) is 3.92. The molecule has 0 fully saturated rings. The second-order valence-corrected chi connectivity index (χ2v) is 6.92. The molecule has 2 atom stereocenters. The number of benzene rings is 1. The van der Waals surface area contributed by atoms with E-state index in [1.165, 1.54) is 0 Å². The highest BCUT2D eigenvalue weighted by molar-refractivity contribution is 7.54. The molecule has 0 aromatic heterocycles. The SMILES string of the molecule is CCOP(=O)(OCC)[C@@H]1Cc2ccccc2[C@H]1C(=O)O. The molecule has 2 rings (SSSR count). The Morgan fingerprint density at radius 3 is 2.45 bits per heavy atom. The summed E-state index contributed by atoms with van der Waals surface area (Å²) in [7, 11) is -3.44. The first kappa shape index (κ1) is 15.2. The number of carboxylic acids is 1. The minimum absolute atomic E-state index is 0.233. The van der Waals surface area contributed by atoms with Crippen molar-refractivity contribution >= 4 is 13.6 Å². The molecule has 0 bridgehead atoms. The topological polar surface area (TPSA) is 72.8 Å². The minimum atomic E-state index is -3.44. The van der Waals surface area contributed by atoms with Crippen LogP contribution in [0.3, 0.4) is 0 Å². The summed E-state index contributed by atoms with van der Waals surface area (Å²) in [6.07, 6.45) is 0.407. The van der Waals surface area contributed by atoms with Crippen LogP contribution in [0.1, 0.15) is 30.9 Å². The van der Waals surface area contributed by atoms with Gasteiger partial charge in [-0.2, -0.15) is 0 Å². The fourth-order valence-electron chi connectivity index (χ4n) is 2.75. The van der Waals surface area contributed by atoms with Crippen LogP contribution in [0.2, 0.25) is 0 Å². The van der Waals surface area contributed by atoms with Crippen molar-refractivity contribution in [2.45, 2.75) is 31.8 Å². The lowest BCUT2D eigenvalue weighted by atomic mass is 10.0. The van der Waals surface area contributed by atoms with Crippen LogP contribution in [0, 0.1) is 0 Å². The van der Waals surface area contributed by atoms with Crippen LogP contribution >= 0.6 is 7.60 Å². The highest BCUT2D eigenvalue weighted by Crippen LogP contribution is 2.61. The van der Waals surface area contributed by atoms with Crippen LogP contribution in [-0.2, 0) is 24.8 Å². The van der Waals surface area contributed by atoms with Gasteiger partial charge in [-0.25, -0.2) is 0 Å². The third-order valence-corrected chi connectivity index (χ3v) is 6.02. The molecule has 20 heavy (non-hydrogen) atoms. The highest BCUT2D eigenvalue weighted by atomic mass is 31.2. The zero-order chi connectivity index (χ0) is 14.8. The molecule has 110 valence electrons. The van der Waals surface area contributed by atoms with E-state index in [4.69, 9.17) is 9.05 Å². The van der Waals surface area contributed by atoms with E-state index >= 15 is 0 Å². The van der Waals surface area contributed by atoms with E-state index in [-0.39, 0.29) is 13.2 Å². The lowest BCUT2D eigenvalue weighted by molar-refractivity contribution is -0.138. The molecular formula is C14H19O5P. The number of hydrogen-bond donors (Lipinski definition) is 1. The van der Waals surface area contributed by atoms with Crippen molar-refractivity contribution < 1.29 is 23.5 Å². The molecule has 0 unspecified atom stereocenters. The molecule has 1 aromatic carbocycles. The summed E-state index contributed by atoms with van der Waals surface area (Å²) >= 11 is 0. The molecule has 6 heteroatoms. The van der Waals surface area contributed by atoms with Crippen LogP contribution in [-0.4, -0.2) is 29.9 Å². The monoisotopic (exact) mass is 298 g/mol. The Balaban J connectivity index is 2.42. The molecule has 1 aliphatic rings. The van der Waals surface area contributed by atoms with Crippen molar-refractivity contribution in [3.8, 4) is 0 Å². The number of aliphatic carboxylic acids is 1. The van der Waals surface area contributed by atoms with Gasteiger partial charge in [0.1, 0.15) is 0 Å². The summed E-state index contributed by atoms with van der Waals surface area (Å²) in [5, 5.41) is 9.50. The van der Waals surface area contributed by atoms with Crippen molar-refractivity contribution in [2.24, 2.45) is 0 Å². The second-order valence-electron chi connectivity index (χ2n) is 4.66. The highest BCUT2D eigenvalue weighted by Gasteiger charge is 2.49. The fourth-order valence-corrected chi connectivity index (χ4v) is 5.01. The Bertz CT molecular complexity index is 532. The molecule has 0 aliphatic heterocycles. The number of fused-ring (bicyclic) bond motifs is 1. The maximum Gasteiger partial charge on any atom is 0.335 e. The Morgan fingerprint density at radius 1 is 1.30 bits per heavy atom. The maximum atomic E-state index is 12.9. The molecule has 0 saturated heterocycles. The largest absolute Gasteiger partial charge is 0.481 e. The predicted molar refractivity (Wildman–Crippen MR) is 75.2 cm³/mol. The van der Waals surface area contributed by atoms with Gasteiger partial charge in [0.15, 0.2) is 0 Å². The minimum Gasteiger partial charge on any atom is -0.481 e. The van der Waals surface area contributed by atoms with Crippen molar-refractivity contribution in [3.05, 3.63) is 35.4 Å². The first-order valence-electron chi connectivity index (χ1n) is 6.73. The van der Waals surface area contributed by atoms with E-state index in [1.54, 1.807) is 26.0 Å². The first-order valence-corrected chi connectivity index (χ1v) is 8.34. The normalized spacial score (nSPS) is 21.7. The van der Waals surface area contributed by atoms with Crippen molar-refractivity contribution in [3.63, 3.8) is 0 Å². The van der Waals surface area contributed by atoms with Crippen LogP contribution in [0.15, 0.2) is 24.3 Å². The Labute approximate surface area is 118 Å². The number of rotatable bonds is 6. The van der Waals surface area contributed by atoms with Gasteiger partial charge in [0.05, 0.1) is 24.8 Å². The number of carbonyl (C=O) groups is 1. The van der Waals surface area contributed by atoms with Crippen molar-refractivity contribution in [2.75, 3.05) is 13.2 Å². The lowest BCUT2D eigenvalue weighted by Crippen LogP contribution is -2.24. The molecule has 1 N–H and O–H groups in total. The van der Waals surface area contributed by atoms with E-state index in [2.05, 4.69) is 0 Å². The molecular weight excluding hydrogens is 279 g/mol. The first-order chi connectivity index (χ1) is 9.53. The molecule has 0 saturated carbocycles. The zero-order valence-electron chi connectivity index (χ0n) is 11.6. The fraction of sp³-hybridized carbons (Fsp3) is 0.500. The quantitative estimate of drug-likeness (QED) is 0.817. The third kappa shape index (κ3) is 2.66. The molecule has 1 aromatic rings. The van der Waals surface area contributed by atoms with Gasteiger partial charge in [-0.15, -0.1) is 0 Å². The third-order valence-electron chi connectivity index (χ3n) is 3.49. The molecule has 0 radical (unpaired) electrons. The van der Waals surface area contributed by atoms with E-state index in [0.717, 1.165) is 5.56 Å². The average Bonchev–Trinajstić information content (AvgIpc) is 2.79. The van der Waals surface area contributed by atoms with Crippen LogP contribution in [0.5, 0.6) is 0 Å². The molecule has 1 aliphatic carbocycles. The van der Waals surface area contributed by atoms with Gasteiger partial charge in [-0.1, -0.05) is 24.3 Å². The Morgan fingerprint density at radius 2 is 1.90 bits per heavy atom. The van der Waals surface area contributed by atoms with Gasteiger partial charge in [0, 0.05) is 0 Å². The van der Waals surface area contributed by atoms with Crippen LogP contribution in [0.25, 0.3) is 0 Å². The smallest absolute Gasteiger partial charge is 0.335 e. The maximum absolute atomic E-state index is 12.9. The Hall–Kier alpha value is -1.16. The van der Waals surface area contributed by atoms with Gasteiger partial charge in [0.25, 0.3) is 0 Å². The average molecular weight is 298 g/mol. The van der Waals surface area contributed by atoms with Gasteiger partial charge >= 0.3 is 13.6 Å². The standard InChI is InChI=1S/C14H19O5P/c1-3-18-20(17,19-4-2)12-9-10-7-5-6-8-11(10)13(12)14(15)16/h5-8,12-13H,3-4,9H2,1-2H3,(H,15,16)/t12-,13-/m1/s1. The van der Waals surface area contributed by atoms with E-state index in [1.807, 2.05) is 12.1 Å². The molecule has 0 spiro atoms. The van der Waals surface area contributed by atoms with E-state index < -0.39 is 25.1 Å². The molecule has 0 amide bonds. The summed E-state index contributed by atoms with van der Waals surface area (Å²) in [6, 6.07) is 7.29. The van der Waals surface area contributed by atoms with Crippen LogP contribution < -0.4 is 0 Å². The van der Waals surface area contributed by atoms with Crippen molar-refractivity contribution in [1.29, 1.82) is 0 Å². The Kier molecular flexibility index (Phi) is 4.63. The number of carboxylic acid groups (broad SMARTS) is 1. The summed E-state index contributed by atoms with van der Waals surface area (Å²) < 4.78 is 23.6. The molecule has 0 heterocycles. The summed E-state index contributed by atoms with van der Waals surface area (Å²) in [5.41, 5.74) is 0.964. The zero-order valence-corrected chi connectivity index (χ0v) is 12.5. The van der Waals surface area contributed by atoms with Gasteiger partial charge in [-0.05, 0) is 31.4 Å². The summed E-state index contributed by atoms with van der Waals surface area (Å²) in [4.78, 5) is 11.6. The lowest BCUT2D eigenvalue weighted by Gasteiger charge is -2.26.